The minimum Gasteiger partial charge on any atom is -0.373 e. The number of pyridine rings is 2. The number of aromatic amines is 1. The van der Waals surface area contributed by atoms with Crippen molar-refractivity contribution in [3.63, 3.8) is 0 Å². The highest BCUT2D eigenvalue weighted by atomic mass is 15.0. The molecule has 5 rings (SSSR count). The molecule has 0 aliphatic carbocycles. The first-order chi connectivity index (χ1) is 15.7. The summed E-state index contributed by atoms with van der Waals surface area (Å²) in [7, 11) is 1.85. The maximum absolute atomic E-state index is 4.79. The SMILES string of the molecule is CNc1cc(-c2cncc(-c3ccc(-c4ccc[nH]4)cc3)c2)nc(-c2cccc(C)n2)n1. The highest BCUT2D eigenvalue weighted by Gasteiger charge is 2.11. The molecule has 0 saturated carbocycles. The van der Waals surface area contributed by atoms with Crippen LogP contribution in [0.4, 0.5) is 5.82 Å². The first-order valence-corrected chi connectivity index (χ1v) is 10.4. The molecule has 0 aliphatic rings. The van der Waals surface area contributed by atoms with Gasteiger partial charge in [0.15, 0.2) is 5.82 Å². The number of aromatic nitrogens is 5. The molecular formula is C26H22N6. The largest absolute Gasteiger partial charge is 0.373 e. The topological polar surface area (TPSA) is 79.4 Å². The summed E-state index contributed by atoms with van der Waals surface area (Å²) in [6.45, 7) is 1.96. The molecule has 0 radical (unpaired) electrons. The third-order valence-electron chi connectivity index (χ3n) is 5.26. The lowest BCUT2D eigenvalue weighted by Crippen LogP contribution is -2.00. The van der Waals surface area contributed by atoms with Crippen molar-refractivity contribution in [3.8, 4) is 45.2 Å². The van der Waals surface area contributed by atoms with Gasteiger partial charge in [-0.1, -0.05) is 30.3 Å². The Bertz CT molecular complexity index is 1360. The fourth-order valence-corrected chi connectivity index (χ4v) is 3.60. The number of benzene rings is 1. The molecule has 32 heavy (non-hydrogen) atoms. The van der Waals surface area contributed by atoms with Gasteiger partial charge < -0.3 is 10.3 Å². The van der Waals surface area contributed by atoms with Crippen LogP contribution >= 0.6 is 0 Å². The van der Waals surface area contributed by atoms with E-state index in [-0.39, 0.29) is 0 Å². The second-order valence-electron chi connectivity index (χ2n) is 7.50. The van der Waals surface area contributed by atoms with Gasteiger partial charge in [-0.25, -0.2) is 15.0 Å². The Morgan fingerprint density at radius 2 is 1.53 bits per heavy atom. The fraction of sp³-hybridized carbons (Fsp3) is 0.0769. The number of anilines is 1. The van der Waals surface area contributed by atoms with E-state index in [1.54, 1.807) is 0 Å². The van der Waals surface area contributed by atoms with E-state index in [0.29, 0.717) is 5.82 Å². The molecular weight excluding hydrogens is 396 g/mol. The van der Waals surface area contributed by atoms with Gasteiger partial charge in [0, 0.05) is 54.2 Å². The Kier molecular flexibility index (Phi) is 5.17. The zero-order valence-electron chi connectivity index (χ0n) is 17.9. The van der Waals surface area contributed by atoms with E-state index in [1.807, 2.05) is 62.9 Å². The van der Waals surface area contributed by atoms with Crippen LogP contribution in [0.2, 0.25) is 0 Å². The van der Waals surface area contributed by atoms with Gasteiger partial charge in [-0.05, 0) is 48.4 Å². The van der Waals surface area contributed by atoms with E-state index in [0.717, 1.165) is 50.8 Å². The summed E-state index contributed by atoms with van der Waals surface area (Å²) in [4.78, 5) is 21.7. The van der Waals surface area contributed by atoms with Gasteiger partial charge in [-0.15, -0.1) is 0 Å². The molecule has 6 nitrogen and oxygen atoms in total. The van der Waals surface area contributed by atoms with Gasteiger partial charge in [0.25, 0.3) is 0 Å². The number of aryl methyl sites for hydroxylation is 1. The number of H-pyrrole nitrogens is 1. The molecule has 4 aromatic heterocycles. The summed E-state index contributed by atoms with van der Waals surface area (Å²) >= 11 is 0. The number of nitrogens with one attached hydrogen (secondary N) is 2. The van der Waals surface area contributed by atoms with E-state index in [9.17, 15) is 0 Å². The smallest absolute Gasteiger partial charge is 0.180 e. The van der Waals surface area contributed by atoms with Crippen molar-refractivity contribution < 1.29 is 0 Å². The van der Waals surface area contributed by atoms with Gasteiger partial charge in [0.05, 0.1) is 5.69 Å². The van der Waals surface area contributed by atoms with Crippen LogP contribution in [0.25, 0.3) is 45.2 Å². The standard InChI is InChI=1S/C26H22N6/c1-17-5-3-6-23(30-17)26-31-24(14-25(27-2)32-26)21-13-20(15-28-16-21)18-8-10-19(11-9-18)22-7-4-12-29-22/h3-16,29H,1-2H3,(H,27,31,32). The van der Waals surface area contributed by atoms with Crippen LogP contribution in [-0.2, 0) is 0 Å². The monoisotopic (exact) mass is 418 g/mol. The van der Waals surface area contributed by atoms with Gasteiger partial charge in [0.2, 0.25) is 0 Å². The number of rotatable bonds is 5. The minimum absolute atomic E-state index is 0.580. The van der Waals surface area contributed by atoms with Crippen molar-refractivity contribution in [2.24, 2.45) is 0 Å². The molecule has 0 amide bonds. The second kappa shape index (κ2) is 8.43. The maximum atomic E-state index is 4.79. The van der Waals surface area contributed by atoms with E-state index < -0.39 is 0 Å². The number of nitrogens with zero attached hydrogens (tertiary/aromatic N) is 4. The van der Waals surface area contributed by atoms with Crippen LogP contribution in [-0.4, -0.2) is 32.0 Å². The van der Waals surface area contributed by atoms with Crippen LogP contribution in [0.3, 0.4) is 0 Å². The van der Waals surface area contributed by atoms with E-state index in [4.69, 9.17) is 4.98 Å². The molecule has 0 unspecified atom stereocenters. The average molecular weight is 419 g/mol. The van der Waals surface area contributed by atoms with Crippen LogP contribution in [0.15, 0.2) is 85.3 Å². The molecule has 0 saturated heterocycles. The highest BCUT2D eigenvalue weighted by Crippen LogP contribution is 2.28. The van der Waals surface area contributed by atoms with Gasteiger partial charge in [-0.2, -0.15) is 0 Å². The van der Waals surface area contributed by atoms with E-state index in [1.165, 1.54) is 0 Å². The molecule has 0 fully saturated rings. The lowest BCUT2D eigenvalue weighted by Gasteiger charge is -2.10. The highest BCUT2D eigenvalue weighted by molar-refractivity contribution is 5.74. The van der Waals surface area contributed by atoms with Crippen LogP contribution in [0.5, 0.6) is 0 Å². The van der Waals surface area contributed by atoms with E-state index in [2.05, 4.69) is 61.7 Å². The van der Waals surface area contributed by atoms with Crippen LogP contribution in [0.1, 0.15) is 5.69 Å². The average Bonchev–Trinajstić information content (AvgIpc) is 3.39. The quantitative estimate of drug-likeness (QED) is 0.388. The van der Waals surface area contributed by atoms with E-state index >= 15 is 0 Å². The summed E-state index contributed by atoms with van der Waals surface area (Å²) in [5.74, 6) is 1.31. The van der Waals surface area contributed by atoms with Crippen molar-refractivity contribution in [1.82, 2.24) is 24.9 Å². The predicted octanol–water partition coefficient (Wildman–Crippen LogP) is 5.61. The van der Waals surface area contributed by atoms with Crippen molar-refractivity contribution >= 4 is 5.82 Å². The molecule has 0 aliphatic heterocycles. The molecule has 1 aromatic carbocycles. The molecule has 156 valence electrons. The van der Waals surface area contributed by atoms with Gasteiger partial charge in [0.1, 0.15) is 11.5 Å². The molecule has 0 spiro atoms. The first-order valence-electron chi connectivity index (χ1n) is 10.4. The van der Waals surface area contributed by atoms with Crippen molar-refractivity contribution in [1.29, 1.82) is 0 Å². The lowest BCUT2D eigenvalue weighted by molar-refractivity contribution is 1.11. The molecule has 6 heteroatoms. The summed E-state index contributed by atoms with van der Waals surface area (Å²) in [6, 6.07) is 22.4. The third kappa shape index (κ3) is 3.98. The zero-order valence-corrected chi connectivity index (χ0v) is 17.9. The summed E-state index contributed by atoms with van der Waals surface area (Å²) in [6.07, 6.45) is 5.63. The summed E-state index contributed by atoms with van der Waals surface area (Å²) < 4.78 is 0. The Morgan fingerprint density at radius 1 is 0.719 bits per heavy atom. The molecule has 2 N–H and O–H groups in total. The van der Waals surface area contributed by atoms with Crippen LogP contribution in [0, 0.1) is 6.92 Å². The van der Waals surface area contributed by atoms with Crippen LogP contribution < -0.4 is 5.32 Å². The molecule has 5 aromatic rings. The van der Waals surface area contributed by atoms with Crippen molar-refractivity contribution in [2.75, 3.05) is 12.4 Å². The summed E-state index contributed by atoms with van der Waals surface area (Å²) in [5.41, 5.74) is 7.75. The lowest BCUT2D eigenvalue weighted by atomic mass is 10.0. The van der Waals surface area contributed by atoms with Gasteiger partial charge >= 0.3 is 0 Å². The fourth-order valence-electron chi connectivity index (χ4n) is 3.60. The Morgan fingerprint density at radius 3 is 2.28 bits per heavy atom. The Labute approximate surface area is 186 Å². The number of hydrogen-bond acceptors (Lipinski definition) is 5. The third-order valence-corrected chi connectivity index (χ3v) is 5.26. The Balaban J connectivity index is 1.52. The van der Waals surface area contributed by atoms with Gasteiger partial charge in [-0.3, -0.25) is 4.98 Å². The normalized spacial score (nSPS) is 10.8. The first kappa shape index (κ1) is 19.6. The number of hydrogen-bond donors (Lipinski definition) is 2. The minimum atomic E-state index is 0.580. The maximum Gasteiger partial charge on any atom is 0.180 e. The van der Waals surface area contributed by atoms with Crippen molar-refractivity contribution in [2.45, 2.75) is 6.92 Å². The molecule has 4 heterocycles. The second-order valence-corrected chi connectivity index (χ2v) is 7.50. The predicted molar refractivity (Wildman–Crippen MR) is 128 cm³/mol. The Hall–Kier alpha value is -4.32. The zero-order chi connectivity index (χ0) is 21.9. The van der Waals surface area contributed by atoms with Crippen molar-refractivity contribution in [3.05, 3.63) is 91.0 Å². The molecule has 0 atom stereocenters. The summed E-state index contributed by atoms with van der Waals surface area (Å²) in [5, 5.41) is 3.13. The molecule has 0 bridgehead atoms.